The number of rotatable bonds is 2. The van der Waals surface area contributed by atoms with Gasteiger partial charge in [-0.3, -0.25) is 0 Å². The highest BCUT2D eigenvalue weighted by molar-refractivity contribution is 5.36. The third-order valence-corrected chi connectivity index (χ3v) is 6.41. The minimum absolute atomic E-state index is 0.0532. The number of alkyl halides is 3. The number of allylic oxidation sites excluding steroid dienone is 2. The zero-order chi connectivity index (χ0) is 17.8. The first kappa shape index (κ1) is 17.8. The number of hydrogen-bond donors (Lipinski definition) is 2. The molecule has 3 aliphatic rings. The molecule has 2 nitrogen and oxygen atoms in total. The Kier molecular flexibility index (Phi) is 4.09. The Balaban J connectivity index is 1.77. The van der Waals surface area contributed by atoms with Crippen LogP contribution in [-0.2, 0) is 0 Å². The maximum Gasteiger partial charge on any atom is 0.428 e. The van der Waals surface area contributed by atoms with Gasteiger partial charge < -0.3 is 10.2 Å². The lowest BCUT2D eigenvalue weighted by Crippen LogP contribution is -2.40. The second-order valence-corrected chi connectivity index (χ2v) is 8.17. The summed E-state index contributed by atoms with van der Waals surface area (Å²) in [4.78, 5) is 0. The van der Waals surface area contributed by atoms with Crippen molar-refractivity contribution in [2.75, 3.05) is 0 Å². The lowest BCUT2D eigenvalue weighted by Gasteiger charge is -2.44. The molecular formula is C19H25F3O2. The molecule has 24 heavy (non-hydrogen) atoms. The van der Waals surface area contributed by atoms with Crippen molar-refractivity contribution in [1.82, 2.24) is 0 Å². The molecule has 0 aromatic rings. The molecule has 0 saturated heterocycles. The molecule has 0 amide bonds. The van der Waals surface area contributed by atoms with Crippen molar-refractivity contribution in [1.29, 1.82) is 0 Å². The summed E-state index contributed by atoms with van der Waals surface area (Å²) in [6, 6.07) is 0. The van der Waals surface area contributed by atoms with Gasteiger partial charge in [-0.2, -0.15) is 13.2 Å². The number of halogens is 3. The first-order valence-corrected chi connectivity index (χ1v) is 8.70. The van der Waals surface area contributed by atoms with Gasteiger partial charge in [0.2, 0.25) is 5.60 Å². The molecule has 0 aliphatic heterocycles. The minimum atomic E-state index is -4.74. The largest absolute Gasteiger partial charge is 0.428 e. The average Bonchev–Trinajstić information content (AvgIpc) is 3.12. The van der Waals surface area contributed by atoms with Crippen molar-refractivity contribution >= 4 is 0 Å². The van der Waals surface area contributed by atoms with E-state index < -0.39 is 11.8 Å². The fourth-order valence-electron chi connectivity index (χ4n) is 4.69. The van der Waals surface area contributed by atoms with E-state index in [9.17, 15) is 23.4 Å². The van der Waals surface area contributed by atoms with E-state index in [0.29, 0.717) is 13.3 Å². The maximum absolute atomic E-state index is 12.7. The zero-order valence-corrected chi connectivity index (χ0v) is 14.2. The molecule has 2 N–H and O–H groups in total. The summed E-state index contributed by atoms with van der Waals surface area (Å²) < 4.78 is 38.1. The van der Waals surface area contributed by atoms with Crippen LogP contribution in [-0.4, -0.2) is 28.1 Å². The fraction of sp³-hybridized carbons (Fsp3) is 0.789. The van der Waals surface area contributed by atoms with Gasteiger partial charge in [0.15, 0.2) is 0 Å². The third-order valence-electron chi connectivity index (χ3n) is 6.41. The smallest absolute Gasteiger partial charge is 0.393 e. The van der Waals surface area contributed by atoms with E-state index in [1.54, 1.807) is 0 Å². The summed E-state index contributed by atoms with van der Waals surface area (Å²) in [5.74, 6) is 4.86. The van der Waals surface area contributed by atoms with Crippen LogP contribution in [0.1, 0.15) is 58.8 Å². The van der Waals surface area contributed by atoms with E-state index >= 15 is 0 Å². The summed E-state index contributed by atoms with van der Waals surface area (Å²) in [6.45, 7) is 2.89. The molecule has 3 aliphatic carbocycles. The zero-order valence-electron chi connectivity index (χ0n) is 14.2. The molecule has 0 heterocycles. The summed E-state index contributed by atoms with van der Waals surface area (Å²) in [6.07, 6.45) is 3.08. The van der Waals surface area contributed by atoms with Crippen LogP contribution < -0.4 is 0 Å². The van der Waals surface area contributed by atoms with Crippen molar-refractivity contribution < 1.29 is 23.4 Å². The van der Waals surface area contributed by atoms with E-state index in [1.807, 2.05) is 5.92 Å². The molecule has 134 valence electrons. The number of fused-ring (bicyclic) bond motifs is 1. The molecule has 1 unspecified atom stereocenters. The number of hydrogen-bond acceptors (Lipinski definition) is 2. The van der Waals surface area contributed by atoms with Crippen molar-refractivity contribution in [3.8, 4) is 11.8 Å². The van der Waals surface area contributed by atoms with Crippen LogP contribution in [0.4, 0.5) is 13.2 Å². The first-order chi connectivity index (χ1) is 11.0. The molecule has 3 rings (SSSR count). The lowest BCUT2D eigenvalue weighted by atomic mass is 9.62. The second-order valence-electron chi connectivity index (χ2n) is 8.17. The second kappa shape index (κ2) is 5.51. The molecule has 2 saturated carbocycles. The molecule has 0 bridgehead atoms. The van der Waals surface area contributed by atoms with Gasteiger partial charge in [0.05, 0.1) is 6.10 Å². The summed E-state index contributed by atoms with van der Waals surface area (Å²) in [5.41, 5.74) is -1.86. The molecule has 0 aromatic heterocycles. The van der Waals surface area contributed by atoms with E-state index in [0.717, 1.165) is 38.5 Å². The Morgan fingerprint density at radius 3 is 2.54 bits per heavy atom. The van der Waals surface area contributed by atoms with Gasteiger partial charge in [0.25, 0.3) is 0 Å². The van der Waals surface area contributed by atoms with Gasteiger partial charge in [-0.25, -0.2) is 0 Å². The molecule has 0 aromatic carbocycles. The average molecular weight is 342 g/mol. The van der Waals surface area contributed by atoms with Crippen molar-refractivity contribution in [3.05, 3.63) is 11.6 Å². The van der Waals surface area contributed by atoms with Crippen molar-refractivity contribution in [2.24, 2.45) is 16.7 Å². The van der Waals surface area contributed by atoms with Crippen molar-refractivity contribution in [3.63, 3.8) is 0 Å². The van der Waals surface area contributed by atoms with Gasteiger partial charge in [-0.1, -0.05) is 30.4 Å². The Hall–Kier alpha value is -0.990. The Morgan fingerprint density at radius 2 is 1.96 bits per heavy atom. The van der Waals surface area contributed by atoms with Gasteiger partial charge in [-0.15, -0.1) is 0 Å². The number of aliphatic hydroxyl groups is 2. The number of aliphatic hydroxyl groups excluding tert-OH is 1. The quantitative estimate of drug-likeness (QED) is 0.589. The van der Waals surface area contributed by atoms with Crippen molar-refractivity contribution in [2.45, 2.75) is 76.7 Å². The SMILES string of the molecule is CC(O)(C#CCC1(C2=CC[C@H]3[C@@H](O)CCC[C@]23C)CC1)C(F)(F)F. The monoisotopic (exact) mass is 342 g/mol. The maximum atomic E-state index is 12.7. The highest BCUT2D eigenvalue weighted by Crippen LogP contribution is 2.66. The van der Waals surface area contributed by atoms with Crippen LogP contribution in [0.15, 0.2) is 11.6 Å². The van der Waals surface area contributed by atoms with Gasteiger partial charge in [0, 0.05) is 11.8 Å². The third kappa shape index (κ3) is 2.78. The van der Waals surface area contributed by atoms with E-state index in [1.165, 1.54) is 5.57 Å². The molecule has 2 fully saturated rings. The van der Waals surface area contributed by atoms with Crippen LogP contribution in [0.25, 0.3) is 0 Å². The highest BCUT2D eigenvalue weighted by Gasteiger charge is 2.57. The first-order valence-electron chi connectivity index (χ1n) is 8.70. The van der Waals surface area contributed by atoms with Gasteiger partial charge in [0.1, 0.15) is 0 Å². The Bertz CT molecular complexity index is 604. The normalized spacial score (nSPS) is 36.9. The summed E-state index contributed by atoms with van der Waals surface area (Å²) >= 11 is 0. The molecule has 4 atom stereocenters. The van der Waals surface area contributed by atoms with E-state index in [2.05, 4.69) is 18.9 Å². The van der Waals surface area contributed by atoms with Crippen LogP contribution in [0.3, 0.4) is 0 Å². The van der Waals surface area contributed by atoms with Crippen LogP contribution >= 0.6 is 0 Å². The van der Waals surface area contributed by atoms with Crippen LogP contribution in [0.5, 0.6) is 0 Å². The predicted octanol–water partition coefficient (Wildman–Crippen LogP) is 3.97. The standard InChI is InChI=1S/C19H25F3O2/c1-16-8-3-5-14(23)13(16)6-7-15(16)18(11-12-18)10-4-9-17(2,24)19(20,21)22/h7,13-14,23-24H,3,5-6,8,10-12H2,1-2H3/t13-,14-,16-,17?/m0/s1. The molecular weight excluding hydrogens is 317 g/mol. The van der Waals surface area contributed by atoms with Crippen LogP contribution in [0, 0.1) is 28.6 Å². The molecule has 0 spiro atoms. The molecule has 5 heteroatoms. The summed E-state index contributed by atoms with van der Waals surface area (Å²) in [7, 11) is 0. The Morgan fingerprint density at radius 1 is 1.29 bits per heavy atom. The minimum Gasteiger partial charge on any atom is -0.393 e. The molecule has 0 radical (unpaired) electrons. The van der Waals surface area contributed by atoms with Crippen LogP contribution in [0.2, 0.25) is 0 Å². The van der Waals surface area contributed by atoms with Gasteiger partial charge in [-0.05, 0) is 56.8 Å². The Labute approximate surface area is 141 Å². The lowest BCUT2D eigenvalue weighted by molar-refractivity contribution is -0.228. The highest BCUT2D eigenvalue weighted by atomic mass is 19.4. The predicted molar refractivity (Wildman–Crippen MR) is 84.9 cm³/mol. The van der Waals surface area contributed by atoms with Gasteiger partial charge >= 0.3 is 6.18 Å². The fourth-order valence-corrected chi connectivity index (χ4v) is 4.69. The summed E-state index contributed by atoms with van der Waals surface area (Å²) in [5, 5.41) is 19.8. The topological polar surface area (TPSA) is 40.5 Å². The van der Waals surface area contributed by atoms with E-state index in [4.69, 9.17) is 0 Å². The van der Waals surface area contributed by atoms with E-state index in [-0.39, 0.29) is 22.9 Å².